The second kappa shape index (κ2) is 7.00. The second-order valence-electron chi connectivity index (χ2n) is 5.89. The first-order valence-corrected chi connectivity index (χ1v) is 10.5. The summed E-state index contributed by atoms with van der Waals surface area (Å²) in [6, 6.07) is 2.21. The van der Waals surface area contributed by atoms with Gasteiger partial charge in [-0.25, -0.2) is 8.42 Å². The van der Waals surface area contributed by atoms with Gasteiger partial charge in [0, 0.05) is 36.2 Å². The SMILES string of the molecule is CC(C)NCc1csc(S(=O)(=O)N2CC(C)SC(C)C2)c1. The maximum absolute atomic E-state index is 12.7. The first kappa shape index (κ1) is 17.3. The normalized spacial score (nSPS) is 24.6. The maximum atomic E-state index is 12.7. The lowest BCUT2D eigenvalue weighted by atomic mass is 10.3. The molecule has 4 nitrogen and oxygen atoms in total. The minimum Gasteiger partial charge on any atom is -0.310 e. The van der Waals surface area contributed by atoms with E-state index < -0.39 is 10.0 Å². The van der Waals surface area contributed by atoms with Crippen molar-refractivity contribution in [2.45, 2.75) is 55.0 Å². The molecule has 0 radical (unpaired) electrons. The van der Waals surface area contributed by atoms with Crippen molar-refractivity contribution < 1.29 is 8.42 Å². The molecule has 1 aliphatic rings. The topological polar surface area (TPSA) is 49.4 Å². The van der Waals surface area contributed by atoms with Crippen molar-refractivity contribution in [2.75, 3.05) is 13.1 Å². The molecule has 0 saturated carbocycles. The largest absolute Gasteiger partial charge is 0.310 e. The van der Waals surface area contributed by atoms with Crippen molar-refractivity contribution in [3.63, 3.8) is 0 Å². The molecule has 1 saturated heterocycles. The quantitative estimate of drug-likeness (QED) is 0.889. The van der Waals surface area contributed by atoms with Crippen LogP contribution < -0.4 is 5.32 Å². The van der Waals surface area contributed by atoms with Gasteiger partial charge in [-0.1, -0.05) is 27.7 Å². The number of nitrogens with one attached hydrogen (secondary N) is 1. The van der Waals surface area contributed by atoms with Gasteiger partial charge in [-0.2, -0.15) is 16.1 Å². The first-order valence-electron chi connectivity index (χ1n) is 7.25. The van der Waals surface area contributed by atoms with Gasteiger partial charge in [0.25, 0.3) is 10.0 Å². The summed E-state index contributed by atoms with van der Waals surface area (Å²) in [6.45, 7) is 10.3. The fourth-order valence-corrected chi connectivity index (χ4v) is 6.85. The first-order chi connectivity index (χ1) is 9.79. The fraction of sp³-hybridized carbons (Fsp3) is 0.714. The Balaban J connectivity index is 2.12. The highest BCUT2D eigenvalue weighted by atomic mass is 32.2. The summed E-state index contributed by atoms with van der Waals surface area (Å²) in [7, 11) is -3.33. The van der Waals surface area contributed by atoms with E-state index in [-0.39, 0.29) is 0 Å². The number of thioether (sulfide) groups is 1. The van der Waals surface area contributed by atoms with Crippen molar-refractivity contribution in [1.82, 2.24) is 9.62 Å². The summed E-state index contributed by atoms with van der Waals surface area (Å²) in [6.07, 6.45) is 0. The van der Waals surface area contributed by atoms with E-state index in [0.717, 1.165) is 5.56 Å². The molecular formula is C14H24N2O2S3. The third-order valence-electron chi connectivity index (χ3n) is 3.32. The molecule has 1 fully saturated rings. The van der Waals surface area contributed by atoms with E-state index in [1.54, 1.807) is 4.31 Å². The molecule has 7 heteroatoms. The van der Waals surface area contributed by atoms with Crippen LogP contribution in [0.1, 0.15) is 33.3 Å². The van der Waals surface area contributed by atoms with Crippen LogP contribution in [0.15, 0.2) is 15.7 Å². The van der Waals surface area contributed by atoms with Gasteiger partial charge in [0.1, 0.15) is 4.21 Å². The Bertz CT molecular complexity index is 559. The van der Waals surface area contributed by atoms with Crippen LogP contribution in [0.25, 0.3) is 0 Å². The Morgan fingerprint density at radius 1 is 1.33 bits per heavy atom. The smallest absolute Gasteiger partial charge is 0.252 e. The molecule has 0 spiro atoms. The van der Waals surface area contributed by atoms with Crippen molar-refractivity contribution in [3.8, 4) is 0 Å². The molecule has 2 unspecified atom stereocenters. The van der Waals surface area contributed by atoms with Gasteiger partial charge in [-0.05, 0) is 17.0 Å². The monoisotopic (exact) mass is 348 g/mol. The number of sulfonamides is 1. The molecule has 2 heterocycles. The van der Waals surface area contributed by atoms with E-state index >= 15 is 0 Å². The Kier molecular flexibility index (Phi) is 5.76. The zero-order valence-electron chi connectivity index (χ0n) is 13.0. The van der Waals surface area contributed by atoms with Crippen LogP contribution in [0.4, 0.5) is 0 Å². The van der Waals surface area contributed by atoms with Gasteiger partial charge >= 0.3 is 0 Å². The van der Waals surface area contributed by atoms with E-state index in [4.69, 9.17) is 0 Å². The second-order valence-corrected chi connectivity index (χ2v) is 10.8. The Morgan fingerprint density at radius 2 is 1.95 bits per heavy atom. The highest BCUT2D eigenvalue weighted by molar-refractivity contribution is 8.00. The maximum Gasteiger partial charge on any atom is 0.252 e. The number of hydrogen-bond donors (Lipinski definition) is 1. The zero-order chi connectivity index (χ0) is 15.6. The molecule has 0 amide bonds. The number of nitrogens with zero attached hydrogens (tertiary/aromatic N) is 1. The number of thiophene rings is 1. The molecule has 2 rings (SSSR count). The Morgan fingerprint density at radius 3 is 2.52 bits per heavy atom. The molecule has 0 bridgehead atoms. The minimum absolute atomic E-state index is 0.352. The minimum atomic E-state index is -3.33. The van der Waals surface area contributed by atoms with Crippen LogP contribution in [-0.4, -0.2) is 42.4 Å². The highest BCUT2D eigenvalue weighted by Crippen LogP contribution is 2.31. The van der Waals surface area contributed by atoms with Gasteiger partial charge in [0.15, 0.2) is 0 Å². The van der Waals surface area contributed by atoms with Crippen LogP contribution >= 0.6 is 23.1 Å². The summed E-state index contributed by atoms with van der Waals surface area (Å²) in [5, 5.41) is 5.96. The van der Waals surface area contributed by atoms with E-state index in [9.17, 15) is 8.42 Å². The summed E-state index contributed by atoms with van der Waals surface area (Å²) in [5.41, 5.74) is 1.04. The van der Waals surface area contributed by atoms with Crippen molar-refractivity contribution >= 4 is 33.1 Å². The molecule has 0 aliphatic carbocycles. The van der Waals surface area contributed by atoms with Crippen LogP contribution in [0.2, 0.25) is 0 Å². The molecule has 0 aromatic carbocycles. The van der Waals surface area contributed by atoms with Crippen LogP contribution in [0.3, 0.4) is 0 Å². The van der Waals surface area contributed by atoms with Crippen LogP contribution in [-0.2, 0) is 16.6 Å². The molecule has 1 aromatic rings. The molecule has 1 aromatic heterocycles. The fourth-order valence-electron chi connectivity index (χ4n) is 2.36. The van der Waals surface area contributed by atoms with Gasteiger partial charge in [0.2, 0.25) is 0 Å². The molecule has 120 valence electrons. The Labute approximate surface area is 136 Å². The average Bonchev–Trinajstić information content (AvgIpc) is 2.84. The summed E-state index contributed by atoms with van der Waals surface area (Å²) in [5.74, 6) is 0. The van der Waals surface area contributed by atoms with E-state index in [0.29, 0.717) is 40.4 Å². The van der Waals surface area contributed by atoms with Gasteiger partial charge in [0.05, 0.1) is 0 Å². The van der Waals surface area contributed by atoms with E-state index in [1.165, 1.54) is 11.3 Å². The predicted octanol–water partition coefficient (Wildman–Crippen LogP) is 2.76. The number of rotatable bonds is 5. The average molecular weight is 349 g/mol. The molecule has 2 atom stereocenters. The van der Waals surface area contributed by atoms with Gasteiger partial charge in [-0.15, -0.1) is 11.3 Å². The third kappa shape index (κ3) is 4.45. The number of hydrogen-bond acceptors (Lipinski definition) is 5. The third-order valence-corrected chi connectivity index (χ3v) is 7.85. The molecular weight excluding hydrogens is 324 g/mol. The van der Waals surface area contributed by atoms with Crippen molar-refractivity contribution in [1.29, 1.82) is 0 Å². The summed E-state index contributed by atoms with van der Waals surface area (Å²) >= 11 is 3.19. The lowest BCUT2D eigenvalue weighted by molar-refractivity contribution is 0.406. The molecule has 1 aliphatic heterocycles. The van der Waals surface area contributed by atoms with Gasteiger partial charge in [-0.3, -0.25) is 0 Å². The standard InChI is InChI=1S/C14H24N2O2S3/c1-10(2)15-6-13-5-14(19-9-13)21(17,18)16-7-11(3)20-12(4)8-16/h5,9-12,15H,6-8H2,1-4H3. The molecule has 1 N–H and O–H groups in total. The lowest BCUT2D eigenvalue weighted by Gasteiger charge is -2.33. The highest BCUT2D eigenvalue weighted by Gasteiger charge is 2.32. The summed E-state index contributed by atoms with van der Waals surface area (Å²) < 4.78 is 27.6. The van der Waals surface area contributed by atoms with Gasteiger partial charge < -0.3 is 5.32 Å². The zero-order valence-corrected chi connectivity index (χ0v) is 15.4. The predicted molar refractivity (Wildman–Crippen MR) is 91.6 cm³/mol. The van der Waals surface area contributed by atoms with E-state index in [1.807, 2.05) is 23.2 Å². The van der Waals surface area contributed by atoms with Crippen LogP contribution in [0, 0.1) is 0 Å². The summed E-state index contributed by atoms with van der Waals surface area (Å²) in [4.78, 5) is 0. The van der Waals surface area contributed by atoms with E-state index in [2.05, 4.69) is 33.0 Å². The molecule has 21 heavy (non-hydrogen) atoms. The lowest BCUT2D eigenvalue weighted by Crippen LogP contribution is -2.43. The Hall–Kier alpha value is -0.0800. The van der Waals surface area contributed by atoms with Crippen molar-refractivity contribution in [3.05, 3.63) is 17.0 Å². The van der Waals surface area contributed by atoms with Crippen LogP contribution in [0.5, 0.6) is 0 Å². The van der Waals surface area contributed by atoms with Crippen molar-refractivity contribution in [2.24, 2.45) is 0 Å².